The summed E-state index contributed by atoms with van der Waals surface area (Å²) >= 11 is 5.54. The molecule has 0 aliphatic heterocycles. The number of aromatic nitrogens is 2. The van der Waals surface area contributed by atoms with E-state index in [-0.39, 0.29) is 10.2 Å². The van der Waals surface area contributed by atoms with Gasteiger partial charge in [0, 0.05) is 5.69 Å². The van der Waals surface area contributed by atoms with Gasteiger partial charge in [-0.1, -0.05) is 26.0 Å². The Bertz CT molecular complexity index is 700. The van der Waals surface area contributed by atoms with Crippen LogP contribution in [0, 0.1) is 0 Å². The molecule has 0 bridgehead atoms. The van der Waals surface area contributed by atoms with Crippen molar-refractivity contribution in [2.24, 2.45) is 0 Å². The topological polar surface area (TPSA) is 72.0 Å². The molecule has 0 saturated carbocycles. The van der Waals surface area contributed by atoms with Gasteiger partial charge < -0.3 is 0 Å². The number of benzene rings is 1. The molecule has 0 aliphatic rings. The normalized spacial score (nSPS) is 11.6. The summed E-state index contributed by atoms with van der Waals surface area (Å²) in [5.41, 5.74) is 1.56. The number of rotatable bonds is 4. The van der Waals surface area contributed by atoms with E-state index in [1.165, 1.54) is 12.4 Å². The maximum atomic E-state index is 12.2. The van der Waals surface area contributed by atoms with Gasteiger partial charge in [0.1, 0.15) is 4.90 Å². The molecule has 0 fully saturated rings. The van der Waals surface area contributed by atoms with Gasteiger partial charge in [-0.2, -0.15) is 0 Å². The SMILES string of the molecule is CC(C)c1cccc(NS(=O)(=O)c2cnc(Cl)nc2)c1. The summed E-state index contributed by atoms with van der Waals surface area (Å²) in [4.78, 5) is 7.31. The summed E-state index contributed by atoms with van der Waals surface area (Å²) in [6, 6.07) is 7.26. The van der Waals surface area contributed by atoms with Gasteiger partial charge in [-0.15, -0.1) is 0 Å². The Morgan fingerprint density at radius 2 is 1.85 bits per heavy atom. The van der Waals surface area contributed by atoms with E-state index in [4.69, 9.17) is 11.6 Å². The lowest BCUT2D eigenvalue weighted by molar-refractivity contribution is 0.600. The largest absolute Gasteiger partial charge is 0.280 e. The van der Waals surface area contributed by atoms with Crippen molar-refractivity contribution in [2.75, 3.05) is 4.72 Å². The van der Waals surface area contributed by atoms with Gasteiger partial charge in [-0.05, 0) is 35.2 Å². The fraction of sp³-hybridized carbons (Fsp3) is 0.231. The lowest BCUT2D eigenvalue weighted by atomic mass is 10.0. The molecule has 1 N–H and O–H groups in total. The first kappa shape index (κ1) is 14.7. The minimum absolute atomic E-state index is 0.00533. The Morgan fingerprint density at radius 3 is 2.45 bits per heavy atom. The molecule has 2 rings (SSSR count). The van der Waals surface area contributed by atoms with Crippen LogP contribution in [0.15, 0.2) is 41.6 Å². The van der Waals surface area contributed by atoms with Gasteiger partial charge in [0.25, 0.3) is 10.0 Å². The molecule has 1 aromatic carbocycles. The third kappa shape index (κ3) is 3.46. The molecule has 0 amide bonds. The van der Waals surface area contributed by atoms with Crippen molar-refractivity contribution >= 4 is 27.3 Å². The standard InChI is InChI=1S/C13H14ClN3O2S/c1-9(2)10-4-3-5-11(6-10)17-20(18,19)12-7-15-13(14)16-8-12/h3-9,17H,1-2H3. The number of nitrogens with one attached hydrogen (secondary N) is 1. The van der Waals surface area contributed by atoms with Crippen LogP contribution in [0.25, 0.3) is 0 Å². The molecular weight excluding hydrogens is 298 g/mol. The van der Waals surface area contributed by atoms with Gasteiger partial charge in [-0.25, -0.2) is 18.4 Å². The number of hydrogen-bond acceptors (Lipinski definition) is 4. The van der Waals surface area contributed by atoms with Gasteiger partial charge in [-0.3, -0.25) is 4.72 Å². The van der Waals surface area contributed by atoms with Gasteiger partial charge in [0.15, 0.2) is 0 Å². The first-order chi connectivity index (χ1) is 9.38. The number of halogens is 1. The van der Waals surface area contributed by atoms with Crippen LogP contribution in [-0.2, 0) is 10.0 Å². The summed E-state index contributed by atoms with van der Waals surface area (Å²) < 4.78 is 26.8. The van der Waals surface area contributed by atoms with Crippen molar-refractivity contribution in [1.82, 2.24) is 9.97 Å². The first-order valence-corrected chi connectivity index (χ1v) is 7.85. The van der Waals surface area contributed by atoms with Crippen LogP contribution in [0.4, 0.5) is 5.69 Å². The molecule has 0 aliphatic carbocycles. The number of hydrogen-bond donors (Lipinski definition) is 1. The van der Waals surface area contributed by atoms with Gasteiger partial charge in [0.2, 0.25) is 5.28 Å². The van der Waals surface area contributed by atoms with Gasteiger partial charge >= 0.3 is 0 Å². The Labute approximate surface area is 123 Å². The second-order valence-electron chi connectivity index (χ2n) is 4.57. The van der Waals surface area contributed by atoms with Crippen LogP contribution >= 0.6 is 11.6 Å². The highest BCUT2D eigenvalue weighted by Crippen LogP contribution is 2.21. The van der Waals surface area contributed by atoms with Crippen LogP contribution in [0.2, 0.25) is 5.28 Å². The van der Waals surface area contributed by atoms with Crippen LogP contribution in [0.1, 0.15) is 25.3 Å². The predicted molar refractivity (Wildman–Crippen MR) is 78.4 cm³/mol. The Hall–Kier alpha value is -1.66. The van der Waals surface area contributed by atoms with Crippen molar-refractivity contribution in [3.63, 3.8) is 0 Å². The molecule has 0 spiro atoms. The second-order valence-corrected chi connectivity index (χ2v) is 6.59. The van der Waals surface area contributed by atoms with E-state index in [0.717, 1.165) is 5.56 Å². The third-order valence-corrected chi connectivity index (χ3v) is 4.24. The van der Waals surface area contributed by atoms with E-state index in [2.05, 4.69) is 14.7 Å². The monoisotopic (exact) mass is 311 g/mol. The highest BCUT2D eigenvalue weighted by Gasteiger charge is 2.15. The summed E-state index contributed by atoms with van der Waals surface area (Å²) in [5, 5.41) is 0.00533. The Kier molecular flexibility index (Phi) is 4.25. The fourth-order valence-corrected chi connectivity index (χ4v) is 2.65. The Balaban J connectivity index is 2.28. The lowest BCUT2D eigenvalue weighted by Gasteiger charge is -2.10. The predicted octanol–water partition coefficient (Wildman–Crippen LogP) is 3.05. The zero-order valence-corrected chi connectivity index (χ0v) is 12.6. The van der Waals surface area contributed by atoms with E-state index in [0.29, 0.717) is 11.6 Å². The first-order valence-electron chi connectivity index (χ1n) is 5.99. The number of sulfonamides is 1. The van der Waals surface area contributed by atoms with Crippen LogP contribution < -0.4 is 4.72 Å². The molecule has 0 atom stereocenters. The smallest absolute Gasteiger partial charge is 0.264 e. The van der Waals surface area contributed by atoms with Crippen LogP contribution in [-0.4, -0.2) is 18.4 Å². The van der Waals surface area contributed by atoms with Crippen LogP contribution in [0.3, 0.4) is 0 Å². The molecular formula is C13H14ClN3O2S. The molecule has 0 radical (unpaired) electrons. The number of nitrogens with zero attached hydrogens (tertiary/aromatic N) is 2. The fourth-order valence-electron chi connectivity index (χ4n) is 1.61. The zero-order valence-electron chi connectivity index (χ0n) is 11.0. The van der Waals surface area contributed by atoms with E-state index >= 15 is 0 Å². The van der Waals surface area contributed by atoms with E-state index in [9.17, 15) is 8.42 Å². The third-order valence-electron chi connectivity index (χ3n) is 2.71. The molecule has 1 heterocycles. The van der Waals surface area contributed by atoms with E-state index in [1.807, 2.05) is 26.0 Å². The molecule has 5 nitrogen and oxygen atoms in total. The highest BCUT2D eigenvalue weighted by molar-refractivity contribution is 7.92. The molecule has 7 heteroatoms. The highest BCUT2D eigenvalue weighted by atomic mass is 35.5. The minimum Gasteiger partial charge on any atom is -0.280 e. The summed E-state index contributed by atoms with van der Waals surface area (Å²) in [6.07, 6.45) is 2.34. The maximum Gasteiger partial charge on any atom is 0.264 e. The summed E-state index contributed by atoms with van der Waals surface area (Å²) in [5.74, 6) is 0.318. The van der Waals surface area contributed by atoms with Crippen molar-refractivity contribution in [3.8, 4) is 0 Å². The Morgan fingerprint density at radius 1 is 1.20 bits per heavy atom. The van der Waals surface area contributed by atoms with Crippen LogP contribution in [0.5, 0.6) is 0 Å². The maximum absolute atomic E-state index is 12.2. The summed E-state index contributed by atoms with van der Waals surface area (Å²) in [7, 11) is -3.71. The second kappa shape index (κ2) is 5.76. The quantitative estimate of drug-likeness (QED) is 0.881. The average molecular weight is 312 g/mol. The minimum atomic E-state index is -3.71. The molecule has 2 aromatic rings. The molecule has 0 saturated heterocycles. The van der Waals surface area contributed by atoms with E-state index < -0.39 is 10.0 Å². The zero-order chi connectivity index (χ0) is 14.8. The summed E-state index contributed by atoms with van der Waals surface area (Å²) in [6.45, 7) is 4.08. The van der Waals surface area contributed by atoms with Crippen molar-refractivity contribution in [3.05, 3.63) is 47.5 Å². The lowest BCUT2D eigenvalue weighted by Crippen LogP contribution is -2.13. The van der Waals surface area contributed by atoms with Crippen molar-refractivity contribution < 1.29 is 8.42 Å². The van der Waals surface area contributed by atoms with Crippen molar-refractivity contribution in [2.45, 2.75) is 24.7 Å². The number of anilines is 1. The molecule has 1 aromatic heterocycles. The van der Waals surface area contributed by atoms with Crippen molar-refractivity contribution in [1.29, 1.82) is 0 Å². The van der Waals surface area contributed by atoms with Gasteiger partial charge in [0.05, 0.1) is 12.4 Å². The average Bonchev–Trinajstić information content (AvgIpc) is 2.39. The molecule has 106 valence electrons. The van der Waals surface area contributed by atoms with E-state index in [1.54, 1.807) is 12.1 Å². The molecule has 20 heavy (non-hydrogen) atoms. The molecule has 0 unspecified atom stereocenters.